The van der Waals surface area contributed by atoms with Gasteiger partial charge < -0.3 is 21.5 Å². The van der Waals surface area contributed by atoms with Gasteiger partial charge in [0.2, 0.25) is 5.95 Å². The number of rotatable bonds is 4. The van der Waals surface area contributed by atoms with Crippen LogP contribution in [0.25, 0.3) is 0 Å². The second kappa shape index (κ2) is 4.31. The van der Waals surface area contributed by atoms with Crippen LogP contribution in [0.3, 0.4) is 0 Å². The van der Waals surface area contributed by atoms with Crippen molar-refractivity contribution in [1.29, 1.82) is 0 Å². The van der Waals surface area contributed by atoms with Crippen LogP contribution >= 0.6 is 0 Å². The molecule has 0 fully saturated rings. The molecule has 0 aliphatic heterocycles. The number of nitrogens with zero attached hydrogens (tertiary/aromatic N) is 2. The van der Waals surface area contributed by atoms with Gasteiger partial charge in [0.15, 0.2) is 0 Å². The number of aromatic nitrogens is 2. The summed E-state index contributed by atoms with van der Waals surface area (Å²) >= 11 is 0. The van der Waals surface area contributed by atoms with Crippen molar-refractivity contribution in [3.8, 4) is 0 Å². The first-order valence-electron chi connectivity index (χ1n) is 4.68. The quantitative estimate of drug-likeness (QED) is 0.571. The summed E-state index contributed by atoms with van der Waals surface area (Å²) in [6.07, 6.45) is 0. The third-order valence-corrected chi connectivity index (χ3v) is 1.86. The monoisotopic (exact) mass is 211 g/mol. The molecule has 0 aliphatic carbocycles. The number of hydrogen-bond acceptors (Lipinski definition) is 6. The Balaban J connectivity index is 2.90. The van der Waals surface area contributed by atoms with Crippen molar-refractivity contribution < 1.29 is 5.11 Å². The summed E-state index contributed by atoms with van der Waals surface area (Å²) in [4.78, 5) is 7.98. The fourth-order valence-corrected chi connectivity index (χ4v) is 1.04. The lowest BCUT2D eigenvalue weighted by atomic mass is 10.1. The average molecular weight is 211 g/mol. The predicted octanol–water partition coefficient (Wildman–Crippen LogP) is 0.283. The summed E-state index contributed by atoms with van der Waals surface area (Å²) in [6, 6.07) is 1.73. The van der Waals surface area contributed by atoms with E-state index in [-0.39, 0.29) is 12.6 Å². The van der Waals surface area contributed by atoms with Gasteiger partial charge in [0.05, 0.1) is 12.1 Å². The van der Waals surface area contributed by atoms with E-state index in [9.17, 15) is 0 Å². The van der Waals surface area contributed by atoms with E-state index in [1.165, 1.54) is 0 Å². The Morgan fingerprint density at radius 2 is 2.00 bits per heavy atom. The molecule has 1 heterocycles. The molecule has 0 bridgehead atoms. The molecule has 0 atom stereocenters. The molecule has 0 saturated carbocycles. The molecule has 84 valence electrons. The first-order valence-corrected chi connectivity index (χ1v) is 4.68. The number of anilines is 3. The Labute approximate surface area is 88.9 Å². The number of hydrogen-bond donors (Lipinski definition) is 4. The number of aliphatic hydroxyl groups excluding tert-OH is 1. The highest BCUT2D eigenvalue weighted by Crippen LogP contribution is 2.16. The number of nitrogen functional groups attached to an aromatic ring is 1. The summed E-state index contributed by atoms with van der Waals surface area (Å²) in [7, 11) is 1.75. The summed E-state index contributed by atoms with van der Waals surface area (Å²) < 4.78 is 0. The maximum atomic E-state index is 9.10. The molecule has 1 aromatic heterocycles. The van der Waals surface area contributed by atoms with Crippen LogP contribution in [0.15, 0.2) is 6.07 Å². The predicted molar refractivity (Wildman–Crippen MR) is 60.8 cm³/mol. The second-order valence-electron chi connectivity index (χ2n) is 3.91. The zero-order chi connectivity index (χ0) is 11.5. The molecule has 0 amide bonds. The van der Waals surface area contributed by atoms with Crippen molar-refractivity contribution in [2.45, 2.75) is 19.4 Å². The Bertz CT molecular complexity index is 339. The Kier molecular flexibility index (Phi) is 3.31. The number of aliphatic hydroxyl groups is 1. The van der Waals surface area contributed by atoms with E-state index >= 15 is 0 Å². The lowest BCUT2D eigenvalue weighted by Crippen LogP contribution is -2.35. The molecule has 0 saturated heterocycles. The van der Waals surface area contributed by atoms with Crippen LogP contribution in [0, 0.1) is 0 Å². The van der Waals surface area contributed by atoms with Crippen molar-refractivity contribution in [3.05, 3.63) is 6.07 Å². The van der Waals surface area contributed by atoms with Crippen LogP contribution in [0.4, 0.5) is 17.6 Å². The van der Waals surface area contributed by atoms with E-state index < -0.39 is 5.54 Å². The molecule has 0 radical (unpaired) electrons. The fourth-order valence-electron chi connectivity index (χ4n) is 1.04. The maximum Gasteiger partial charge on any atom is 0.223 e. The standard InChI is InChI=1S/C9H17N5O/c1-9(2,5-15)14-7-4-6(11-3)12-8(10)13-7/h4,15H,5H2,1-3H3,(H4,10,11,12,13,14). The lowest BCUT2D eigenvalue weighted by Gasteiger charge is -2.24. The van der Waals surface area contributed by atoms with Gasteiger partial charge in [-0.25, -0.2) is 0 Å². The molecular formula is C9H17N5O. The molecule has 0 aliphatic rings. The van der Waals surface area contributed by atoms with Crippen molar-refractivity contribution in [2.75, 3.05) is 30.0 Å². The van der Waals surface area contributed by atoms with Crippen molar-refractivity contribution in [2.24, 2.45) is 0 Å². The van der Waals surface area contributed by atoms with E-state index in [4.69, 9.17) is 10.8 Å². The van der Waals surface area contributed by atoms with Gasteiger partial charge in [-0.1, -0.05) is 0 Å². The van der Waals surface area contributed by atoms with Crippen molar-refractivity contribution in [3.63, 3.8) is 0 Å². The molecule has 15 heavy (non-hydrogen) atoms. The molecule has 0 unspecified atom stereocenters. The summed E-state index contributed by atoms with van der Waals surface area (Å²) in [5, 5.41) is 15.0. The highest BCUT2D eigenvalue weighted by atomic mass is 16.3. The van der Waals surface area contributed by atoms with E-state index in [0.29, 0.717) is 11.6 Å². The number of nitrogens with one attached hydrogen (secondary N) is 2. The van der Waals surface area contributed by atoms with Gasteiger partial charge in [-0.3, -0.25) is 0 Å². The van der Waals surface area contributed by atoms with Crippen LogP contribution in [-0.4, -0.2) is 34.3 Å². The van der Waals surface area contributed by atoms with Gasteiger partial charge in [0.25, 0.3) is 0 Å². The Morgan fingerprint density at radius 1 is 1.40 bits per heavy atom. The zero-order valence-corrected chi connectivity index (χ0v) is 9.20. The van der Waals surface area contributed by atoms with Gasteiger partial charge >= 0.3 is 0 Å². The summed E-state index contributed by atoms with van der Waals surface area (Å²) in [5.74, 6) is 1.42. The molecule has 6 nitrogen and oxygen atoms in total. The van der Waals surface area contributed by atoms with Crippen LogP contribution in [0.5, 0.6) is 0 Å². The van der Waals surface area contributed by atoms with Gasteiger partial charge in [-0.05, 0) is 13.8 Å². The lowest BCUT2D eigenvalue weighted by molar-refractivity contribution is 0.234. The van der Waals surface area contributed by atoms with Crippen LogP contribution in [-0.2, 0) is 0 Å². The first-order chi connectivity index (χ1) is 6.96. The zero-order valence-electron chi connectivity index (χ0n) is 9.20. The van der Waals surface area contributed by atoms with E-state index in [0.717, 1.165) is 0 Å². The molecule has 0 spiro atoms. The second-order valence-corrected chi connectivity index (χ2v) is 3.91. The van der Waals surface area contributed by atoms with E-state index in [2.05, 4.69) is 20.6 Å². The van der Waals surface area contributed by atoms with Gasteiger partial charge in [0.1, 0.15) is 11.6 Å². The van der Waals surface area contributed by atoms with E-state index in [1.54, 1.807) is 13.1 Å². The Hall–Kier alpha value is -1.56. The molecular weight excluding hydrogens is 194 g/mol. The minimum Gasteiger partial charge on any atom is -0.394 e. The molecule has 0 aromatic carbocycles. The van der Waals surface area contributed by atoms with Gasteiger partial charge in [-0.15, -0.1) is 0 Å². The van der Waals surface area contributed by atoms with Gasteiger partial charge in [-0.2, -0.15) is 9.97 Å². The maximum absolute atomic E-state index is 9.10. The normalized spacial score (nSPS) is 11.2. The molecule has 1 rings (SSSR count). The largest absolute Gasteiger partial charge is 0.394 e. The van der Waals surface area contributed by atoms with Crippen LogP contribution in [0.1, 0.15) is 13.8 Å². The Morgan fingerprint density at radius 3 is 2.53 bits per heavy atom. The third kappa shape index (κ3) is 3.25. The highest BCUT2D eigenvalue weighted by molar-refractivity contribution is 5.51. The summed E-state index contributed by atoms with van der Waals surface area (Å²) in [5.41, 5.74) is 5.09. The van der Waals surface area contributed by atoms with Crippen LogP contribution in [0.2, 0.25) is 0 Å². The highest BCUT2D eigenvalue weighted by Gasteiger charge is 2.16. The average Bonchev–Trinajstić information content (AvgIpc) is 2.16. The fraction of sp³-hybridized carbons (Fsp3) is 0.556. The minimum atomic E-state index is -0.439. The molecule has 1 aromatic rings. The van der Waals surface area contributed by atoms with Gasteiger partial charge in [0, 0.05) is 13.1 Å². The molecule has 5 N–H and O–H groups in total. The number of nitrogens with two attached hydrogens (primary N) is 1. The van der Waals surface area contributed by atoms with E-state index in [1.807, 2.05) is 13.8 Å². The first kappa shape index (κ1) is 11.5. The third-order valence-electron chi connectivity index (χ3n) is 1.86. The minimum absolute atomic E-state index is 0.00575. The SMILES string of the molecule is CNc1cc(NC(C)(C)CO)nc(N)n1. The topological polar surface area (TPSA) is 96.1 Å². The van der Waals surface area contributed by atoms with Crippen molar-refractivity contribution >= 4 is 17.6 Å². The smallest absolute Gasteiger partial charge is 0.223 e. The van der Waals surface area contributed by atoms with Crippen molar-refractivity contribution in [1.82, 2.24) is 9.97 Å². The summed E-state index contributed by atoms with van der Waals surface area (Å²) in [6.45, 7) is 3.74. The van der Waals surface area contributed by atoms with Crippen LogP contribution < -0.4 is 16.4 Å². The molecule has 6 heteroatoms.